The molecule has 5 heterocycles. The molecule has 9 fully saturated rings. The van der Waals surface area contributed by atoms with Crippen molar-refractivity contribution in [3.63, 3.8) is 0 Å². The van der Waals surface area contributed by atoms with Gasteiger partial charge in [-0.3, -0.25) is 4.79 Å². The number of carboxylic acids is 1. The third kappa shape index (κ3) is 13.2. The summed E-state index contributed by atoms with van der Waals surface area (Å²) in [5.74, 6) is -3.34. The first-order valence-electron chi connectivity index (χ1n) is 34.1. The van der Waals surface area contributed by atoms with Gasteiger partial charge in [-0.15, -0.1) is 0 Å². The zero-order chi connectivity index (χ0) is 71.5. The highest BCUT2D eigenvalue weighted by Crippen LogP contribution is 2.76. The smallest absolute Gasteiger partial charge is 0.335 e. The number of aliphatic hydroxyl groups excluding tert-OH is 14. The average Bonchev–Trinajstić information content (AvgIpc) is 0.669. The summed E-state index contributed by atoms with van der Waals surface area (Å²) in [5.41, 5.74) is -2.40. The molecule has 554 valence electrons. The quantitative estimate of drug-likeness (QED) is 0.0339. The molecular formula is C67H106O30. The highest BCUT2D eigenvalue weighted by atomic mass is 16.8. The Balaban J connectivity index is 0.987. The fourth-order valence-corrected chi connectivity index (χ4v) is 19.0. The summed E-state index contributed by atoms with van der Waals surface area (Å²) in [6.45, 7) is 20.2. The zero-order valence-corrected chi connectivity index (χ0v) is 57.2. The highest BCUT2D eigenvalue weighted by molar-refractivity contribution is 5.87. The van der Waals surface area contributed by atoms with Crippen molar-refractivity contribution in [1.82, 2.24) is 0 Å². The molecule has 35 atom stereocenters. The molecule has 0 amide bonds. The summed E-state index contributed by atoms with van der Waals surface area (Å²) in [4.78, 5) is 40.5. The Kier molecular flexibility index (Phi) is 22.5. The number of esters is 2. The molecule has 97 heavy (non-hydrogen) atoms. The number of carbonyl (C=O) groups is 3. The van der Waals surface area contributed by atoms with Crippen LogP contribution >= 0.6 is 0 Å². The van der Waals surface area contributed by atoms with E-state index in [1.54, 1.807) is 19.9 Å². The first-order chi connectivity index (χ1) is 45.3. The fraction of sp³-hybridized carbons (Fsp3) is 0.896. The van der Waals surface area contributed by atoms with Crippen LogP contribution in [0.5, 0.6) is 0 Å². The van der Waals surface area contributed by atoms with Gasteiger partial charge in [0, 0.05) is 12.5 Å². The molecule has 5 saturated heterocycles. The Labute approximate surface area is 563 Å². The number of carbonyl (C=O) groups excluding carboxylic acids is 2. The van der Waals surface area contributed by atoms with Crippen molar-refractivity contribution in [3.05, 3.63) is 23.3 Å². The first-order valence-corrected chi connectivity index (χ1v) is 34.1. The molecular weight excluding hydrogens is 1280 g/mol. The number of rotatable bonds is 17. The van der Waals surface area contributed by atoms with Crippen LogP contribution in [0.1, 0.15) is 134 Å². The molecule has 0 aromatic carbocycles. The van der Waals surface area contributed by atoms with E-state index in [-0.39, 0.29) is 29.6 Å². The molecule has 15 N–H and O–H groups in total. The van der Waals surface area contributed by atoms with E-state index < -0.39 is 237 Å². The third-order valence-corrected chi connectivity index (χ3v) is 24.8. The molecule has 0 aromatic rings. The number of aliphatic carboxylic acids is 1. The monoisotopic (exact) mass is 1390 g/mol. The lowest BCUT2D eigenvalue weighted by molar-refractivity contribution is -0.412. The Bertz CT molecular complexity index is 2860. The average molecular weight is 1390 g/mol. The first kappa shape index (κ1) is 76.6. The van der Waals surface area contributed by atoms with Gasteiger partial charge in [0.25, 0.3) is 0 Å². The summed E-state index contributed by atoms with van der Waals surface area (Å²) < 4.78 is 74.7. The number of ether oxygens (including phenoxy) is 12. The van der Waals surface area contributed by atoms with Crippen LogP contribution in [0.4, 0.5) is 0 Å². The lowest BCUT2D eigenvalue weighted by Crippen LogP contribution is -2.70. The molecule has 0 aromatic heterocycles. The van der Waals surface area contributed by atoms with E-state index >= 15 is 0 Å². The van der Waals surface area contributed by atoms with Crippen molar-refractivity contribution in [3.8, 4) is 0 Å². The molecule has 10 rings (SSSR count). The number of carboxylic acid groups (broad SMARTS) is 1. The van der Waals surface area contributed by atoms with Crippen LogP contribution in [-0.4, -0.2) is 286 Å². The number of fused-ring (bicyclic) bond motifs is 7. The van der Waals surface area contributed by atoms with Crippen LogP contribution in [-0.2, 0) is 71.2 Å². The maximum Gasteiger partial charge on any atom is 0.335 e. The second-order valence-electron chi connectivity index (χ2n) is 31.3. The second-order valence-corrected chi connectivity index (χ2v) is 31.3. The number of hydrogen-bond acceptors (Lipinski definition) is 29. The Morgan fingerprint density at radius 3 is 1.63 bits per heavy atom. The molecule has 10 aliphatic rings. The van der Waals surface area contributed by atoms with E-state index in [1.807, 2.05) is 13.8 Å². The summed E-state index contributed by atoms with van der Waals surface area (Å²) in [7, 11) is 0. The van der Waals surface area contributed by atoms with Gasteiger partial charge < -0.3 is 133 Å². The summed E-state index contributed by atoms with van der Waals surface area (Å²) in [5, 5.41) is 167. The maximum atomic E-state index is 13.7. The van der Waals surface area contributed by atoms with Crippen LogP contribution in [0.2, 0.25) is 0 Å². The maximum absolute atomic E-state index is 13.7. The second kappa shape index (κ2) is 28.5. The third-order valence-electron chi connectivity index (χ3n) is 24.8. The molecule has 30 nitrogen and oxygen atoms in total. The minimum atomic E-state index is -2.35. The minimum Gasteiger partial charge on any atom is -0.479 e. The molecule has 5 aliphatic carbocycles. The van der Waals surface area contributed by atoms with E-state index in [2.05, 4.69) is 40.7 Å². The minimum absolute atomic E-state index is 0.0233. The highest BCUT2D eigenvalue weighted by Gasteiger charge is 2.73. The van der Waals surface area contributed by atoms with E-state index in [0.29, 0.717) is 50.5 Å². The van der Waals surface area contributed by atoms with E-state index in [1.165, 1.54) is 20.8 Å². The molecule has 0 spiro atoms. The van der Waals surface area contributed by atoms with Crippen molar-refractivity contribution in [2.24, 2.45) is 50.2 Å². The van der Waals surface area contributed by atoms with Gasteiger partial charge in [-0.05, 0) is 124 Å². The van der Waals surface area contributed by atoms with Gasteiger partial charge in [-0.1, -0.05) is 66.2 Å². The van der Waals surface area contributed by atoms with Crippen LogP contribution in [0.25, 0.3) is 0 Å². The lowest BCUT2D eigenvalue weighted by atomic mass is 9.33. The summed E-state index contributed by atoms with van der Waals surface area (Å²) >= 11 is 0. The normalized spacial score (nSPS) is 51.3. The van der Waals surface area contributed by atoms with Crippen molar-refractivity contribution in [2.75, 3.05) is 19.8 Å². The fourth-order valence-electron chi connectivity index (χ4n) is 19.0. The van der Waals surface area contributed by atoms with Gasteiger partial charge in [0.1, 0.15) is 116 Å². The van der Waals surface area contributed by atoms with Gasteiger partial charge in [0.15, 0.2) is 37.6 Å². The Morgan fingerprint density at radius 2 is 1.04 bits per heavy atom. The number of aliphatic hydroxyl groups is 14. The van der Waals surface area contributed by atoms with Gasteiger partial charge in [-0.2, -0.15) is 0 Å². The Morgan fingerprint density at radius 1 is 0.536 bits per heavy atom. The predicted octanol–water partition coefficient (Wildman–Crippen LogP) is -1.56. The topological polar surface area (TPSA) is 465 Å². The molecule has 4 saturated carbocycles. The summed E-state index contributed by atoms with van der Waals surface area (Å²) in [6.07, 6.45) is -42.4. The standard InChI is InChI=1S/C67H106O30/c1-13-26(2)56(85)91-37-21-62(6,7)20-31-30-14-15-35-64(10)18-17-36(63(8,9)34(64)16-19-65(35,11)66(30,12)22-38(88-29(5)71)67(31,37)25-70)92-61-54(97-58-48(81)44(77)41(74)32(23-68)89-58)50(49(82)51(94-61)55(83)84)93-60-53(46(79)42(75)33(24-69)90-60)96-59-52(45(78)40(73)28(4)87-59)95-57-47(80)43(76)39(72)27(3)86-57/h13-14,27-28,31-54,57-61,68-70,72-82H,15-25H2,1-12H3,(H,83,84)/b26-13+/t27-,28-,31-,32+,33+,34-,35+,36-,37-,38+,39-,40-,41+,42-,43+,44-,45+,46-,47+,48+,49-,50-,51-,52+,53+,54+,57-,58-,59-,60-,61+,64-,65+,66+,67+/m0/s1. The Hall–Kier alpha value is -3.07. The van der Waals surface area contributed by atoms with E-state index in [0.717, 1.165) is 5.57 Å². The largest absolute Gasteiger partial charge is 0.479 e. The van der Waals surface area contributed by atoms with Gasteiger partial charge >= 0.3 is 17.9 Å². The van der Waals surface area contributed by atoms with Crippen LogP contribution in [0.3, 0.4) is 0 Å². The summed E-state index contributed by atoms with van der Waals surface area (Å²) in [6, 6.07) is 0. The van der Waals surface area contributed by atoms with Crippen LogP contribution in [0, 0.1) is 50.2 Å². The van der Waals surface area contributed by atoms with Crippen molar-refractivity contribution >= 4 is 17.9 Å². The molecule has 30 heteroatoms. The van der Waals surface area contributed by atoms with Gasteiger partial charge in [0.05, 0.1) is 43.5 Å². The van der Waals surface area contributed by atoms with E-state index in [4.69, 9.17) is 56.8 Å². The van der Waals surface area contributed by atoms with Gasteiger partial charge in [-0.25, -0.2) is 9.59 Å². The SMILES string of the molecule is C/C=C(\C)C(=O)O[C@H]1CC(C)(C)C[C@H]2C3=CC[C@@H]4[C@@]5(C)CC[C@H](O[C@@H]6O[C@H](C(=O)O)[C@@H](O)[C@H](O[C@@H]7O[C@H](CO)[C@H](O)[C@H](O)[C@H]7O[C@@H]7O[C@@H](C)[C@H](O)[C@@H](O)[C@H]7O[C@@H]7O[C@@H](C)[C@H](O)[C@@H](O)[C@H]7O)[C@H]6O[C@@H]6O[C@H](CO)[C@@H](O)[C@H](O)[C@H]6O)C(C)(C)[C@@H]5CC[C@@]4(C)[C@]3(C)C[C@@H](OC(C)=O)[C@@]12CO. The van der Waals surface area contributed by atoms with Crippen LogP contribution < -0.4 is 0 Å². The van der Waals surface area contributed by atoms with Crippen molar-refractivity contribution < 1.29 is 148 Å². The van der Waals surface area contributed by atoms with Crippen molar-refractivity contribution in [2.45, 2.75) is 306 Å². The van der Waals surface area contributed by atoms with Crippen molar-refractivity contribution in [1.29, 1.82) is 0 Å². The number of hydrogen-bond donors (Lipinski definition) is 15. The zero-order valence-electron chi connectivity index (χ0n) is 57.2. The number of allylic oxidation sites excluding steroid dienone is 3. The predicted molar refractivity (Wildman–Crippen MR) is 329 cm³/mol. The molecule has 5 aliphatic heterocycles. The van der Waals surface area contributed by atoms with E-state index in [9.17, 15) is 91.0 Å². The van der Waals surface area contributed by atoms with Crippen LogP contribution in [0.15, 0.2) is 23.3 Å². The molecule has 0 unspecified atom stereocenters. The molecule has 0 radical (unpaired) electrons. The molecule has 0 bridgehead atoms. The van der Waals surface area contributed by atoms with Gasteiger partial charge in [0.2, 0.25) is 0 Å². The lowest BCUT2D eigenvalue weighted by Gasteiger charge is -2.72.